The Balaban J connectivity index is 1.40. The highest BCUT2D eigenvalue weighted by molar-refractivity contribution is 8.00. The monoisotopic (exact) mass is 451 g/mol. The molecular weight excluding hydrogens is 414 g/mol. The Morgan fingerprint density at radius 3 is 2.81 bits per heavy atom. The van der Waals surface area contributed by atoms with Gasteiger partial charge in [0.25, 0.3) is 0 Å². The molecule has 4 nitrogen and oxygen atoms in total. The van der Waals surface area contributed by atoms with Gasteiger partial charge in [-0.25, -0.2) is 0 Å². The predicted molar refractivity (Wildman–Crippen MR) is 137 cm³/mol. The highest BCUT2D eigenvalue weighted by Crippen LogP contribution is 2.46. The minimum absolute atomic E-state index is 0.190. The summed E-state index contributed by atoms with van der Waals surface area (Å²) in [7, 11) is 1.92. The smallest absolute Gasteiger partial charge is 0.245 e. The molecular formula is C27H37N3OS. The lowest BCUT2D eigenvalue weighted by molar-refractivity contribution is -0.118. The fraction of sp³-hybridized carbons (Fsp3) is 0.519. The van der Waals surface area contributed by atoms with E-state index in [4.69, 9.17) is 0 Å². The minimum Gasteiger partial charge on any atom is -0.388 e. The van der Waals surface area contributed by atoms with Crippen molar-refractivity contribution >= 4 is 29.0 Å². The van der Waals surface area contributed by atoms with Crippen molar-refractivity contribution in [3.63, 3.8) is 0 Å². The third-order valence-corrected chi connectivity index (χ3v) is 8.25. The molecule has 1 amide bonds. The van der Waals surface area contributed by atoms with Crippen LogP contribution in [-0.4, -0.2) is 31.1 Å². The Labute approximate surface area is 197 Å². The minimum atomic E-state index is -0.190. The number of anilines is 2. The van der Waals surface area contributed by atoms with E-state index in [-0.39, 0.29) is 16.7 Å². The molecule has 2 N–H and O–H groups in total. The van der Waals surface area contributed by atoms with Crippen molar-refractivity contribution in [2.75, 3.05) is 23.8 Å². The van der Waals surface area contributed by atoms with E-state index in [1.807, 2.05) is 30.1 Å². The van der Waals surface area contributed by atoms with E-state index in [9.17, 15) is 4.79 Å². The summed E-state index contributed by atoms with van der Waals surface area (Å²) in [6.45, 7) is 5.48. The highest BCUT2D eigenvalue weighted by Gasteiger charge is 2.34. The Hall–Kier alpha value is -1.98. The molecule has 2 aromatic rings. The molecule has 0 saturated carbocycles. The van der Waals surface area contributed by atoms with Gasteiger partial charge in [-0.2, -0.15) is 0 Å². The predicted octanol–water partition coefficient (Wildman–Crippen LogP) is 6.39. The van der Waals surface area contributed by atoms with E-state index < -0.39 is 0 Å². The molecule has 4 rings (SSSR count). The number of hydrogen-bond donors (Lipinski definition) is 2. The van der Waals surface area contributed by atoms with Crippen LogP contribution in [0.4, 0.5) is 11.4 Å². The number of fused-ring (bicyclic) bond motifs is 1. The molecule has 0 aromatic heterocycles. The Bertz CT molecular complexity index is 933. The van der Waals surface area contributed by atoms with Crippen LogP contribution in [-0.2, 0) is 4.79 Å². The van der Waals surface area contributed by atoms with Crippen LogP contribution in [0.25, 0.3) is 0 Å². The molecule has 2 heterocycles. The van der Waals surface area contributed by atoms with Crippen LogP contribution in [0.5, 0.6) is 0 Å². The fourth-order valence-electron chi connectivity index (χ4n) is 5.21. The molecule has 2 aliphatic rings. The molecule has 32 heavy (non-hydrogen) atoms. The number of thioether (sulfide) groups is 1. The van der Waals surface area contributed by atoms with E-state index in [2.05, 4.69) is 54.8 Å². The first-order chi connectivity index (χ1) is 15.5. The molecule has 0 bridgehead atoms. The van der Waals surface area contributed by atoms with Gasteiger partial charge < -0.3 is 15.5 Å². The summed E-state index contributed by atoms with van der Waals surface area (Å²) < 4.78 is 0. The van der Waals surface area contributed by atoms with Crippen molar-refractivity contribution in [3.8, 4) is 0 Å². The number of carbonyl (C=O) groups is 1. The standard InChI is InChI=1S/C27H37N3OS/c1-20-11-10-17-27(2,29-20)16-7-4-8-18-30-23-14-5-6-15-24(23)32-25(26(30)31)21-12-9-13-22(19-21)28-3/h5-6,9,12-15,19-20,25,28-29H,4,7-8,10-11,16-18H2,1-3H3/t20-,25?,27+/m0/s1. The maximum atomic E-state index is 13.6. The summed E-state index contributed by atoms with van der Waals surface area (Å²) in [5, 5.41) is 6.82. The number of benzene rings is 2. The van der Waals surface area contributed by atoms with Crippen molar-refractivity contribution in [2.24, 2.45) is 0 Å². The van der Waals surface area contributed by atoms with Crippen LogP contribution in [0.2, 0.25) is 0 Å². The van der Waals surface area contributed by atoms with Crippen LogP contribution < -0.4 is 15.5 Å². The molecule has 1 saturated heterocycles. The van der Waals surface area contributed by atoms with Crippen LogP contribution in [0.1, 0.15) is 69.6 Å². The Morgan fingerprint density at radius 2 is 2.00 bits per heavy atom. The molecule has 0 aliphatic carbocycles. The van der Waals surface area contributed by atoms with E-state index in [0.717, 1.165) is 36.3 Å². The summed E-state index contributed by atoms with van der Waals surface area (Å²) in [4.78, 5) is 16.8. The van der Waals surface area contributed by atoms with Crippen LogP contribution in [0, 0.1) is 0 Å². The number of piperidine rings is 1. The second kappa shape index (κ2) is 10.3. The number of amides is 1. The Kier molecular flexibility index (Phi) is 7.47. The quantitative estimate of drug-likeness (QED) is 0.457. The van der Waals surface area contributed by atoms with Gasteiger partial charge in [0.1, 0.15) is 5.25 Å². The lowest BCUT2D eigenvalue weighted by Gasteiger charge is -2.39. The van der Waals surface area contributed by atoms with Gasteiger partial charge in [0, 0.05) is 35.8 Å². The van der Waals surface area contributed by atoms with Gasteiger partial charge in [0.2, 0.25) is 5.91 Å². The highest BCUT2D eigenvalue weighted by atomic mass is 32.2. The van der Waals surface area contributed by atoms with Gasteiger partial charge in [0.05, 0.1) is 5.69 Å². The van der Waals surface area contributed by atoms with E-state index in [1.54, 1.807) is 11.8 Å². The summed E-state index contributed by atoms with van der Waals surface area (Å²) in [6, 6.07) is 17.2. The molecule has 1 unspecified atom stereocenters. The SMILES string of the molecule is CNc1cccc(C2Sc3ccccc3N(CCCCC[C@]3(C)CCC[C@H](C)N3)C2=O)c1. The number of para-hydroxylation sites is 1. The molecule has 1 fully saturated rings. The van der Waals surface area contributed by atoms with Gasteiger partial charge in [-0.3, -0.25) is 4.79 Å². The van der Waals surface area contributed by atoms with Crippen molar-refractivity contribution in [1.29, 1.82) is 0 Å². The van der Waals surface area contributed by atoms with Crippen LogP contribution >= 0.6 is 11.8 Å². The van der Waals surface area contributed by atoms with Gasteiger partial charge in [0.15, 0.2) is 0 Å². The van der Waals surface area contributed by atoms with E-state index >= 15 is 0 Å². The zero-order chi connectivity index (χ0) is 22.6. The molecule has 2 aromatic carbocycles. The Morgan fingerprint density at radius 1 is 1.16 bits per heavy atom. The molecule has 3 atom stereocenters. The molecule has 0 radical (unpaired) electrons. The molecule has 0 spiro atoms. The van der Waals surface area contributed by atoms with Gasteiger partial charge in [-0.1, -0.05) is 43.5 Å². The lowest BCUT2D eigenvalue weighted by Crippen LogP contribution is -2.50. The summed E-state index contributed by atoms with van der Waals surface area (Å²) in [5.74, 6) is 0.205. The molecule has 2 aliphatic heterocycles. The average Bonchev–Trinajstić information content (AvgIpc) is 2.79. The zero-order valence-corrected chi connectivity index (χ0v) is 20.5. The first kappa shape index (κ1) is 23.2. The van der Waals surface area contributed by atoms with E-state index in [0.29, 0.717) is 6.04 Å². The largest absolute Gasteiger partial charge is 0.388 e. The van der Waals surface area contributed by atoms with Crippen molar-refractivity contribution < 1.29 is 4.79 Å². The average molecular weight is 452 g/mol. The number of nitrogens with zero attached hydrogens (tertiary/aromatic N) is 1. The summed E-state index contributed by atoms with van der Waals surface area (Å²) in [6.07, 6.45) is 8.53. The number of nitrogens with one attached hydrogen (secondary N) is 2. The first-order valence-electron chi connectivity index (χ1n) is 12.1. The maximum absolute atomic E-state index is 13.6. The topological polar surface area (TPSA) is 44.4 Å². The van der Waals surface area contributed by atoms with Gasteiger partial charge in [-0.15, -0.1) is 11.8 Å². The zero-order valence-electron chi connectivity index (χ0n) is 19.7. The van der Waals surface area contributed by atoms with Gasteiger partial charge in [-0.05, 0) is 69.4 Å². The third-order valence-electron chi connectivity index (χ3n) is 6.94. The summed E-state index contributed by atoms with van der Waals surface area (Å²) >= 11 is 1.68. The van der Waals surface area contributed by atoms with Crippen LogP contribution in [0.3, 0.4) is 0 Å². The van der Waals surface area contributed by atoms with Gasteiger partial charge >= 0.3 is 0 Å². The third kappa shape index (κ3) is 5.32. The van der Waals surface area contributed by atoms with E-state index in [1.165, 1.54) is 37.0 Å². The van der Waals surface area contributed by atoms with Crippen molar-refractivity contribution in [1.82, 2.24) is 5.32 Å². The van der Waals surface area contributed by atoms with Crippen molar-refractivity contribution in [2.45, 2.75) is 80.5 Å². The second-order valence-corrected chi connectivity index (χ2v) is 10.8. The number of rotatable bonds is 8. The number of hydrogen-bond acceptors (Lipinski definition) is 4. The molecule has 5 heteroatoms. The second-order valence-electron chi connectivity index (χ2n) is 9.64. The number of unbranched alkanes of at least 4 members (excludes halogenated alkanes) is 2. The lowest BCUT2D eigenvalue weighted by atomic mass is 9.84. The first-order valence-corrected chi connectivity index (χ1v) is 13.0. The fourth-order valence-corrected chi connectivity index (χ4v) is 6.43. The summed E-state index contributed by atoms with van der Waals surface area (Å²) in [5.41, 5.74) is 3.46. The number of carbonyl (C=O) groups excluding carboxylic acids is 1. The molecule has 172 valence electrons. The normalized spacial score (nSPS) is 25.5. The van der Waals surface area contributed by atoms with Crippen LogP contribution in [0.15, 0.2) is 53.4 Å². The maximum Gasteiger partial charge on any atom is 0.245 e. The van der Waals surface area contributed by atoms with Crippen molar-refractivity contribution in [3.05, 3.63) is 54.1 Å².